The quantitative estimate of drug-likeness (QED) is 0.756. The van der Waals surface area contributed by atoms with Crippen molar-refractivity contribution in [3.63, 3.8) is 0 Å². The van der Waals surface area contributed by atoms with Crippen LogP contribution < -0.4 is 9.46 Å². The van der Waals surface area contributed by atoms with E-state index in [4.69, 9.17) is 4.74 Å². The van der Waals surface area contributed by atoms with Crippen LogP contribution in [0.3, 0.4) is 0 Å². The summed E-state index contributed by atoms with van der Waals surface area (Å²) in [6, 6.07) is 9.08. The number of halogens is 1. The number of hydrogen-bond acceptors (Lipinski definition) is 3. The van der Waals surface area contributed by atoms with Crippen molar-refractivity contribution >= 4 is 11.9 Å². The van der Waals surface area contributed by atoms with E-state index in [9.17, 15) is 4.39 Å². The molecule has 0 aliphatic carbocycles. The largest absolute Gasteiger partial charge is 0.437 e. The van der Waals surface area contributed by atoms with E-state index in [1.54, 1.807) is 17.5 Å². The molecule has 0 saturated carbocycles. The first-order valence-electron chi connectivity index (χ1n) is 4.07. The van der Waals surface area contributed by atoms with Crippen LogP contribution in [0.5, 0.6) is 5.75 Å². The van der Waals surface area contributed by atoms with E-state index in [-0.39, 0.29) is 5.88 Å². The molecule has 0 saturated heterocycles. The van der Waals surface area contributed by atoms with Gasteiger partial charge in [-0.05, 0) is 35.6 Å². The normalized spacial score (nSPS) is 15.2. The number of ether oxygens (including phenoxy) is 1. The average Bonchev–Trinajstić information content (AvgIpc) is 2.23. The van der Waals surface area contributed by atoms with E-state index in [0.717, 1.165) is 0 Å². The number of para-hydroxylation sites is 1. The highest BCUT2D eigenvalue weighted by atomic mass is 32.2. The first kappa shape index (κ1) is 9.15. The van der Waals surface area contributed by atoms with E-state index in [1.807, 2.05) is 18.2 Å². The van der Waals surface area contributed by atoms with E-state index >= 15 is 0 Å². The highest BCUT2D eigenvalue weighted by molar-refractivity contribution is 8.00. The van der Waals surface area contributed by atoms with Gasteiger partial charge in [0.05, 0.1) is 0 Å². The molecular formula is C10H8FNOS. The number of rotatable bonds is 2. The Morgan fingerprint density at radius 1 is 1.21 bits per heavy atom. The SMILES string of the molecule is FC1=C(Oc2ccccc2)NSC=C1. The lowest BCUT2D eigenvalue weighted by molar-refractivity contribution is 0.384. The second kappa shape index (κ2) is 4.19. The molecule has 72 valence electrons. The zero-order valence-corrected chi connectivity index (χ0v) is 8.05. The summed E-state index contributed by atoms with van der Waals surface area (Å²) in [6.07, 6.45) is 1.36. The van der Waals surface area contributed by atoms with Crippen molar-refractivity contribution in [2.24, 2.45) is 0 Å². The smallest absolute Gasteiger partial charge is 0.239 e. The lowest BCUT2D eigenvalue weighted by Gasteiger charge is -2.12. The van der Waals surface area contributed by atoms with Crippen LogP contribution in [-0.2, 0) is 0 Å². The average molecular weight is 209 g/mol. The Bertz CT molecular complexity index is 375. The molecule has 2 rings (SSSR count). The summed E-state index contributed by atoms with van der Waals surface area (Å²) in [5.74, 6) is 0.359. The van der Waals surface area contributed by atoms with Gasteiger partial charge >= 0.3 is 0 Å². The monoisotopic (exact) mass is 209 g/mol. The molecule has 0 unspecified atom stereocenters. The Morgan fingerprint density at radius 3 is 2.71 bits per heavy atom. The Kier molecular flexibility index (Phi) is 2.74. The van der Waals surface area contributed by atoms with Crippen molar-refractivity contribution in [3.8, 4) is 5.75 Å². The molecule has 1 N–H and O–H groups in total. The third-order valence-corrected chi connectivity index (χ3v) is 2.19. The number of allylic oxidation sites excluding steroid dienone is 2. The first-order chi connectivity index (χ1) is 6.86. The second-order valence-electron chi connectivity index (χ2n) is 2.61. The van der Waals surface area contributed by atoms with Crippen molar-refractivity contribution < 1.29 is 9.13 Å². The van der Waals surface area contributed by atoms with Crippen LogP contribution >= 0.6 is 11.9 Å². The Labute approximate surface area is 85.6 Å². The van der Waals surface area contributed by atoms with Crippen LogP contribution in [0.25, 0.3) is 0 Å². The predicted octanol–water partition coefficient (Wildman–Crippen LogP) is 2.97. The maximum Gasteiger partial charge on any atom is 0.239 e. The van der Waals surface area contributed by atoms with Crippen LogP contribution in [0, 0.1) is 0 Å². The van der Waals surface area contributed by atoms with E-state index in [2.05, 4.69) is 4.72 Å². The van der Waals surface area contributed by atoms with Gasteiger partial charge in [0.2, 0.25) is 5.88 Å². The van der Waals surface area contributed by atoms with Crippen molar-refractivity contribution in [2.75, 3.05) is 0 Å². The van der Waals surface area contributed by atoms with Crippen LogP contribution in [0.4, 0.5) is 4.39 Å². The molecule has 0 atom stereocenters. The predicted molar refractivity (Wildman–Crippen MR) is 55.1 cm³/mol. The minimum absolute atomic E-state index is 0.142. The molecule has 1 aliphatic rings. The molecule has 4 heteroatoms. The highest BCUT2D eigenvalue weighted by Crippen LogP contribution is 2.20. The molecule has 0 fully saturated rings. The lowest BCUT2D eigenvalue weighted by atomic mass is 10.3. The van der Waals surface area contributed by atoms with Gasteiger partial charge in [-0.2, -0.15) is 0 Å². The zero-order chi connectivity index (χ0) is 9.80. The maximum atomic E-state index is 13.1. The Hall–Kier alpha value is -1.42. The molecule has 0 amide bonds. The maximum absolute atomic E-state index is 13.1. The molecule has 0 bridgehead atoms. The molecule has 1 aromatic carbocycles. The van der Waals surface area contributed by atoms with Crippen LogP contribution in [0.2, 0.25) is 0 Å². The standard InChI is InChI=1S/C10H8FNOS/c11-9-6-7-14-12-10(9)13-8-4-2-1-3-5-8/h1-7,12H. The summed E-state index contributed by atoms with van der Waals surface area (Å²) in [5.41, 5.74) is 0. The molecule has 2 nitrogen and oxygen atoms in total. The van der Waals surface area contributed by atoms with Gasteiger partial charge in [-0.3, -0.25) is 4.72 Å². The van der Waals surface area contributed by atoms with Crippen molar-refractivity contribution in [2.45, 2.75) is 0 Å². The van der Waals surface area contributed by atoms with Gasteiger partial charge in [-0.1, -0.05) is 18.2 Å². The molecule has 0 radical (unpaired) electrons. The first-order valence-corrected chi connectivity index (χ1v) is 4.95. The highest BCUT2D eigenvalue weighted by Gasteiger charge is 2.09. The molecule has 1 aromatic rings. The fraction of sp³-hybridized carbons (Fsp3) is 0. The van der Waals surface area contributed by atoms with Gasteiger partial charge in [0.25, 0.3) is 0 Å². The van der Waals surface area contributed by atoms with Gasteiger partial charge in [0, 0.05) is 0 Å². The molecule has 14 heavy (non-hydrogen) atoms. The van der Waals surface area contributed by atoms with Crippen molar-refractivity contribution in [1.29, 1.82) is 0 Å². The summed E-state index contributed by atoms with van der Waals surface area (Å²) in [7, 11) is 0. The minimum atomic E-state index is -0.396. The summed E-state index contributed by atoms with van der Waals surface area (Å²) in [5, 5.41) is 1.62. The summed E-state index contributed by atoms with van der Waals surface area (Å²) in [6.45, 7) is 0. The molecule has 1 heterocycles. The fourth-order valence-corrected chi connectivity index (χ4v) is 1.48. The topological polar surface area (TPSA) is 21.3 Å². The molecule has 1 aliphatic heterocycles. The third kappa shape index (κ3) is 2.09. The van der Waals surface area contributed by atoms with Crippen molar-refractivity contribution in [1.82, 2.24) is 4.72 Å². The molecule has 0 spiro atoms. The summed E-state index contributed by atoms with van der Waals surface area (Å²) >= 11 is 1.27. The molecule has 0 aromatic heterocycles. The van der Waals surface area contributed by atoms with Gasteiger partial charge in [-0.25, -0.2) is 4.39 Å². The molecular weight excluding hydrogens is 201 g/mol. The van der Waals surface area contributed by atoms with Gasteiger partial charge < -0.3 is 4.74 Å². The zero-order valence-electron chi connectivity index (χ0n) is 7.24. The van der Waals surface area contributed by atoms with E-state index in [1.165, 1.54) is 18.0 Å². The minimum Gasteiger partial charge on any atom is -0.437 e. The number of benzene rings is 1. The van der Waals surface area contributed by atoms with Gasteiger partial charge in [-0.15, -0.1) is 0 Å². The van der Waals surface area contributed by atoms with Gasteiger partial charge in [0.1, 0.15) is 5.75 Å². The van der Waals surface area contributed by atoms with Crippen LogP contribution in [0.1, 0.15) is 0 Å². The van der Waals surface area contributed by atoms with Crippen LogP contribution in [-0.4, -0.2) is 0 Å². The number of hydrogen-bond donors (Lipinski definition) is 1. The van der Waals surface area contributed by atoms with Crippen LogP contribution in [0.15, 0.2) is 53.5 Å². The summed E-state index contributed by atoms with van der Waals surface area (Å²) in [4.78, 5) is 0. The summed E-state index contributed by atoms with van der Waals surface area (Å²) < 4.78 is 21.1. The Balaban J connectivity index is 2.15. The fourth-order valence-electron chi connectivity index (χ4n) is 0.982. The number of nitrogens with one attached hydrogen (secondary N) is 1. The lowest BCUT2D eigenvalue weighted by Crippen LogP contribution is -2.13. The van der Waals surface area contributed by atoms with E-state index in [0.29, 0.717) is 5.75 Å². The Morgan fingerprint density at radius 2 is 2.00 bits per heavy atom. The van der Waals surface area contributed by atoms with E-state index < -0.39 is 5.83 Å². The second-order valence-corrected chi connectivity index (χ2v) is 3.33. The van der Waals surface area contributed by atoms with Crippen molar-refractivity contribution in [3.05, 3.63) is 53.5 Å². The third-order valence-electron chi connectivity index (χ3n) is 1.61. The van der Waals surface area contributed by atoms with Gasteiger partial charge in [0.15, 0.2) is 5.83 Å².